The molecule has 4 heteroatoms. The predicted octanol–water partition coefficient (Wildman–Crippen LogP) is 3.83. The first-order valence-electron chi connectivity index (χ1n) is 9.41. The second-order valence-corrected chi connectivity index (χ2v) is 7.17. The van der Waals surface area contributed by atoms with Crippen molar-refractivity contribution >= 4 is 5.78 Å². The lowest BCUT2D eigenvalue weighted by atomic mass is 9.94. The van der Waals surface area contributed by atoms with E-state index in [1.165, 1.54) is 17.5 Å². The number of carbonyl (C=O) groups is 1. The topological polar surface area (TPSA) is 38.8 Å². The van der Waals surface area contributed by atoms with E-state index in [1.807, 2.05) is 18.2 Å². The molecule has 1 fully saturated rings. The third kappa shape index (κ3) is 3.61. The third-order valence-corrected chi connectivity index (χ3v) is 5.42. The molecule has 0 radical (unpaired) electrons. The number of likely N-dealkylation sites (tertiary alicyclic amines) is 1. The van der Waals surface area contributed by atoms with Crippen LogP contribution in [0.15, 0.2) is 42.5 Å². The minimum absolute atomic E-state index is 0.168. The number of nitrogens with zero attached hydrogens (tertiary/aromatic N) is 1. The van der Waals surface area contributed by atoms with Crippen molar-refractivity contribution < 1.29 is 14.3 Å². The fourth-order valence-electron chi connectivity index (χ4n) is 3.96. The molecule has 2 aliphatic heterocycles. The molecule has 1 atom stereocenters. The fraction of sp³-hybridized carbons (Fsp3) is 0.409. The van der Waals surface area contributed by atoms with Crippen molar-refractivity contribution in [3.05, 3.63) is 59.2 Å². The maximum atomic E-state index is 12.6. The van der Waals surface area contributed by atoms with E-state index in [-0.39, 0.29) is 5.78 Å². The Labute approximate surface area is 154 Å². The molecule has 1 unspecified atom stereocenters. The molecule has 0 aromatic heterocycles. The number of fused-ring (bicyclic) bond motifs is 1. The second kappa shape index (κ2) is 7.50. The molecule has 0 N–H and O–H groups in total. The molecule has 0 spiro atoms. The van der Waals surface area contributed by atoms with Crippen LogP contribution >= 0.6 is 0 Å². The van der Waals surface area contributed by atoms with Crippen molar-refractivity contribution in [3.8, 4) is 11.5 Å². The van der Waals surface area contributed by atoms with Gasteiger partial charge in [-0.15, -0.1) is 0 Å². The Morgan fingerprint density at radius 1 is 1.12 bits per heavy atom. The van der Waals surface area contributed by atoms with Gasteiger partial charge in [0.25, 0.3) is 0 Å². The lowest BCUT2D eigenvalue weighted by Crippen LogP contribution is -2.24. The van der Waals surface area contributed by atoms with E-state index in [2.05, 4.69) is 36.1 Å². The summed E-state index contributed by atoms with van der Waals surface area (Å²) >= 11 is 0. The lowest BCUT2D eigenvalue weighted by molar-refractivity contribution is 0.0967. The van der Waals surface area contributed by atoms with E-state index in [0.29, 0.717) is 36.9 Å². The highest BCUT2D eigenvalue weighted by molar-refractivity contribution is 5.96. The summed E-state index contributed by atoms with van der Waals surface area (Å²) in [4.78, 5) is 15.0. The number of aryl methyl sites for hydroxylation is 1. The number of Topliss-reactive ketones (excluding diaryl/α,β-unsaturated/α-hetero) is 1. The van der Waals surface area contributed by atoms with Crippen LogP contribution in [0.3, 0.4) is 0 Å². The van der Waals surface area contributed by atoms with Crippen molar-refractivity contribution in [3.63, 3.8) is 0 Å². The van der Waals surface area contributed by atoms with Gasteiger partial charge in [-0.2, -0.15) is 0 Å². The molecular weight excluding hydrogens is 326 g/mol. The van der Waals surface area contributed by atoms with Crippen LogP contribution in [0, 0.1) is 6.92 Å². The van der Waals surface area contributed by atoms with Gasteiger partial charge in [0.05, 0.1) is 0 Å². The summed E-state index contributed by atoms with van der Waals surface area (Å²) in [6, 6.07) is 14.1. The van der Waals surface area contributed by atoms with E-state index in [0.717, 1.165) is 25.4 Å². The van der Waals surface area contributed by atoms with Crippen LogP contribution in [-0.2, 0) is 0 Å². The first-order chi connectivity index (χ1) is 12.7. The first-order valence-corrected chi connectivity index (χ1v) is 9.41. The summed E-state index contributed by atoms with van der Waals surface area (Å²) in [6.07, 6.45) is 1.71. The van der Waals surface area contributed by atoms with E-state index >= 15 is 0 Å². The third-order valence-electron chi connectivity index (χ3n) is 5.42. The Morgan fingerprint density at radius 3 is 2.77 bits per heavy atom. The average molecular weight is 351 g/mol. The molecule has 0 aliphatic carbocycles. The highest BCUT2D eigenvalue weighted by atomic mass is 16.6. The summed E-state index contributed by atoms with van der Waals surface area (Å²) in [7, 11) is 0. The van der Waals surface area contributed by atoms with Crippen LogP contribution in [0.2, 0.25) is 0 Å². The van der Waals surface area contributed by atoms with Gasteiger partial charge in [0.1, 0.15) is 13.2 Å². The molecule has 2 heterocycles. The number of hydrogen-bond acceptors (Lipinski definition) is 4. The molecule has 0 saturated carbocycles. The van der Waals surface area contributed by atoms with Crippen molar-refractivity contribution in [1.82, 2.24) is 4.90 Å². The molecule has 0 amide bonds. The monoisotopic (exact) mass is 351 g/mol. The van der Waals surface area contributed by atoms with E-state index < -0.39 is 0 Å². The summed E-state index contributed by atoms with van der Waals surface area (Å²) in [5.41, 5.74) is 3.53. The summed E-state index contributed by atoms with van der Waals surface area (Å²) < 4.78 is 11.1. The summed E-state index contributed by atoms with van der Waals surface area (Å²) in [6.45, 7) is 6.21. The summed E-state index contributed by atoms with van der Waals surface area (Å²) in [5.74, 6) is 2.17. The Balaban J connectivity index is 1.33. The standard InChI is InChI=1S/C22H25NO3/c1-16-4-2-3-5-19(16)18-8-10-23(15-18)11-9-20(24)17-6-7-21-22(14-17)26-13-12-25-21/h2-7,14,18H,8-13,15H2,1H3. The molecule has 136 valence electrons. The highest BCUT2D eigenvalue weighted by Crippen LogP contribution is 2.32. The van der Waals surface area contributed by atoms with Crippen molar-refractivity contribution in [2.24, 2.45) is 0 Å². The summed E-state index contributed by atoms with van der Waals surface area (Å²) in [5, 5.41) is 0. The second-order valence-electron chi connectivity index (χ2n) is 7.17. The quantitative estimate of drug-likeness (QED) is 0.768. The Kier molecular flexibility index (Phi) is 4.93. The largest absolute Gasteiger partial charge is 0.486 e. The Bertz CT molecular complexity index is 802. The van der Waals surface area contributed by atoms with Gasteiger partial charge in [-0.1, -0.05) is 24.3 Å². The molecule has 2 aromatic carbocycles. The molecule has 2 aromatic rings. The zero-order valence-electron chi connectivity index (χ0n) is 15.2. The number of benzene rings is 2. The van der Waals surface area contributed by atoms with Crippen LogP contribution in [0.25, 0.3) is 0 Å². The van der Waals surface area contributed by atoms with Crippen LogP contribution < -0.4 is 9.47 Å². The minimum atomic E-state index is 0.168. The van der Waals surface area contributed by atoms with Gasteiger partial charge in [-0.3, -0.25) is 4.79 Å². The first kappa shape index (κ1) is 17.1. The number of ketones is 1. The van der Waals surface area contributed by atoms with Crippen LogP contribution in [-0.4, -0.2) is 43.5 Å². The van der Waals surface area contributed by atoms with Gasteiger partial charge in [0.2, 0.25) is 0 Å². The molecule has 4 nitrogen and oxygen atoms in total. The normalized spacial score (nSPS) is 19.5. The predicted molar refractivity (Wildman–Crippen MR) is 101 cm³/mol. The van der Waals surface area contributed by atoms with Gasteiger partial charge in [0, 0.05) is 25.1 Å². The number of hydrogen-bond donors (Lipinski definition) is 0. The van der Waals surface area contributed by atoms with E-state index in [4.69, 9.17) is 9.47 Å². The maximum absolute atomic E-state index is 12.6. The average Bonchev–Trinajstić information content (AvgIpc) is 3.15. The van der Waals surface area contributed by atoms with Crippen molar-refractivity contribution in [2.75, 3.05) is 32.8 Å². The van der Waals surface area contributed by atoms with Gasteiger partial charge in [-0.25, -0.2) is 0 Å². The zero-order valence-corrected chi connectivity index (χ0v) is 15.2. The fourth-order valence-corrected chi connectivity index (χ4v) is 3.96. The minimum Gasteiger partial charge on any atom is -0.486 e. The lowest BCUT2D eigenvalue weighted by Gasteiger charge is -2.19. The van der Waals surface area contributed by atoms with Crippen LogP contribution in [0.5, 0.6) is 11.5 Å². The Morgan fingerprint density at radius 2 is 1.92 bits per heavy atom. The van der Waals surface area contributed by atoms with Crippen LogP contribution in [0.4, 0.5) is 0 Å². The van der Waals surface area contributed by atoms with Gasteiger partial charge in [-0.05, 0) is 55.1 Å². The highest BCUT2D eigenvalue weighted by Gasteiger charge is 2.25. The van der Waals surface area contributed by atoms with E-state index in [1.54, 1.807) is 0 Å². The number of ether oxygens (including phenoxy) is 2. The molecular formula is C22H25NO3. The molecule has 0 bridgehead atoms. The van der Waals surface area contributed by atoms with Gasteiger partial charge in [0.15, 0.2) is 17.3 Å². The number of carbonyl (C=O) groups excluding carboxylic acids is 1. The molecule has 26 heavy (non-hydrogen) atoms. The number of rotatable bonds is 5. The SMILES string of the molecule is Cc1ccccc1C1CCN(CCC(=O)c2ccc3c(c2)OCCO3)C1. The van der Waals surface area contributed by atoms with Crippen molar-refractivity contribution in [1.29, 1.82) is 0 Å². The van der Waals surface area contributed by atoms with Crippen molar-refractivity contribution in [2.45, 2.75) is 25.7 Å². The molecule has 4 rings (SSSR count). The Hall–Kier alpha value is -2.33. The molecule has 2 aliphatic rings. The van der Waals surface area contributed by atoms with Gasteiger partial charge < -0.3 is 14.4 Å². The maximum Gasteiger partial charge on any atom is 0.164 e. The van der Waals surface area contributed by atoms with Crippen LogP contribution in [0.1, 0.15) is 40.2 Å². The molecule has 1 saturated heterocycles. The van der Waals surface area contributed by atoms with E-state index in [9.17, 15) is 4.79 Å². The smallest absolute Gasteiger partial charge is 0.164 e. The van der Waals surface area contributed by atoms with Gasteiger partial charge >= 0.3 is 0 Å². The zero-order chi connectivity index (χ0) is 17.9.